The molecule has 0 spiro atoms. The SMILES string of the molecule is CCCOc1ccc(C(C)Nc2ccccc2C#N)cc1. The van der Waals surface area contributed by atoms with Crippen LogP contribution in [0.15, 0.2) is 48.5 Å². The Kier molecular flexibility index (Phi) is 5.22. The Morgan fingerprint density at radius 2 is 1.86 bits per heavy atom. The molecule has 2 rings (SSSR count). The molecule has 1 atom stereocenters. The second kappa shape index (κ2) is 7.35. The Morgan fingerprint density at radius 3 is 2.52 bits per heavy atom. The van der Waals surface area contributed by atoms with Gasteiger partial charge in [-0.15, -0.1) is 0 Å². The summed E-state index contributed by atoms with van der Waals surface area (Å²) in [7, 11) is 0. The molecule has 0 amide bonds. The highest BCUT2D eigenvalue weighted by Crippen LogP contribution is 2.23. The molecule has 1 N–H and O–H groups in total. The first-order chi connectivity index (χ1) is 10.2. The van der Waals surface area contributed by atoms with Gasteiger partial charge in [0.1, 0.15) is 11.8 Å². The number of hydrogen-bond acceptors (Lipinski definition) is 3. The molecule has 0 aliphatic heterocycles. The highest BCUT2D eigenvalue weighted by atomic mass is 16.5. The largest absolute Gasteiger partial charge is 0.494 e. The van der Waals surface area contributed by atoms with Gasteiger partial charge in [0, 0.05) is 6.04 Å². The van der Waals surface area contributed by atoms with Crippen LogP contribution in [0.1, 0.15) is 37.4 Å². The van der Waals surface area contributed by atoms with E-state index in [9.17, 15) is 0 Å². The lowest BCUT2D eigenvalue weighted by Crippen LogP contribution is -2.07. The third-order valence-electron chi connectivity index (χ3n) is 3.27. The summed E-state index contributed by atoms with van der Waals surface area (Å²) in [6, 6.07) is 17.9. The smallest absolute Gasteiger partial charge is 0.119 e. The van der Waals surface area contributed by atoms with E-state index in [1.54, 1.807) is 0 Å². The van der Waals surface area contributed by atoms with Crippen molar-refractivity contribution in [2.75, 3.05) is 11.9 Å². The molecule has 3 nitrogen and oxygen atoms in total. The van der Waals surface area contributed by atoms with Gasteiger partial charge >= 0.3 is 0 Å². The van der Waals surface area contributed by atoms with Crippen molar-refractivity contribution < 1.29 is 4.74 Å². The Labute approximate surface area is 126 Å². The van der Waals surface area contributed by atoms with Gasteiger partial charge in [-0.25, -0.2) is 0 Å². The van der Waals surface area contributed by atoms with E-state index in [-0.39, 0.29) is 6.04 Å². The molecule has 1 unspecified atom stereocenters. The van der Waals surface area contributed by atoms with E-state index in [1.165, 1.54) is 0 Å². The van der Waals surface area contributed by atoms with Crippen LogP contribution in [-0.4, -0.2) is 6.61 Å². The van der Waals surface area contributed by atoms with Gasteiger partial charge in [-0.1, -0.05) is 31.2 Å². The van der Waals surface area contributed by atoms with Crippen molar-refractivity contribution in [3.05, 3.63) is 59.7 Å². The van der Waals surface area contributed by atoms with Gasteiger partial charge in [-0.05, 0) is 43.2 Å². The number of anilines is 1. The van der Waals surface area contributed by atoms with Crippen molar-refractivity contribution in [2.45, 2.75) is 26.3 Å². The van der Waals surface area contributed by atoms with Crippen molar-refractivity contribution >= 4 is 5.69 Å². The van der Waals surface area contributed by atoms with Gasteiger partial charge in [0.15, 0.2) is 0 Å². The van der Waals surface area contributed by atoms with Gasteiger partial charge in [-0.2, -0.15) is 5.26 Å². The molecule has 0 radical (unpaired) electrons. The number of nitrogens with one attached hydrogen (secondary N) is 1. The van der Waals surface area contributed by atoms with Crippen LogP contribution in [0, 0.1) is 11.3 Å². The standard InChI is InChI=1S/C18H20N2O/c1-3-12-21-17-10-8-15(9-11-17)14(2)20-18-7-5-4-6-16(18)13-19/h4-11,14,20H,3,12H2,1-2H3. The van der Waals surface area contributed by atoms with Crippen LogP contribution in [0.2, 0.25) is 0 Å². The first kappa shape index (κ1) is 14.9. The molecular weight excluding hydrogens is 260 g/mol. The summed E-state index contributed by atoms with van der Waals surface area (Å²) in [4.78, 5) is 0. The fraction of sp³-hybridized carbons (Fsp3) is 0.278. The summed E-state index contributed by atoms with van der Waals surface area (Å²) in [5.41, 5.74) is 2.68. The summed E-state index contributed by atoms with van der Waals surface area (Å²) in [5, 5.41) is 12.5. The monoisotopic (exact) mass is 280 g/mol. The van der Waals surface area contributed by atoms with E-state index >= 15 is 0 Å². The van der Waals surface area contributed by atoms with Gasteiger partial charge < -0.3 is 10.1 Å². The zero-order valence-corrected chi connectivity index (χ0v) is 12.5. The van der Waals surface area contributed by atoms with Gasteiger partial charge in [-0.3, -0.25) is 0 Å². The molecule has 21 heavy (non-hydrogen) atoms. The van der Waals surface area contributed by atoms with Crippen LogP contribution in [0.25, 0.3) is 0 Å². The minimum Gasteiger partial charge on any atom is -0.494 e. The van der Waals surface area contributed by atoms with Crippen molar-refractivity contribution in [1.82, 2.24) is 0 Å². The summed E-state index contributed by atoms with van der Waals surface area (Å²) in [6.45, 7) is 4.91. The number of ether oxygens (including phenoxy) is 1. The molecule has 0 bridgehead atoms. The summed E-state index contributed by atoms with van der Waals surface area (Å²) in [5.74, 6) is 0.894. The van der Waals surface area contributed by atoms with E-state index in [0.717, 1.165) is 30.0 Å². The Morgan fingerprint density at radius 1 is 1.14 bits per heavy atom. The van der Waals surface area contributed by atoms with Crippen LogP contribution >= 0.6 is 0 Å². The Hall–Kier alpha value is -2.47. The van der Waals surface area contributed by atoms with Crippen molar-refractivity contribution in [1.29, 1.82) is 5.26 Å². The van der Waals surface area contributed by atoms with E-state index in [1.807, 2.05) is 36.4 Å². The van der Waals surface area contributed by atoms with Crippen molar-refractivity contribution in [3.63, 3.8) is 0 Å². The fourth-order valence-corrected chi connectivity index (χ4v) is 2.10. The lowest BCUT2D eigenvalue weighted by Gasteiger charge is -2.17. The van der Waals surface area contributed by atoms with E-state index < -0.39 is 0 Å². The van der Waals surface area contributed by atoms with Crippen LogP contribution in [0.5, 0.6) is 5.75 Å². The van der Waals surface area contributed by atoms with E-state index in [0.29, 0.717) is 5.56 Å². The van der Waals surface area contributed by atoms with Crippen LogP contribution in [-0.2, 0) is 0 Å². The second-order valence-electron chi connectivity index (χ2n) is 4.94. The van der Waals surface area contributed by atoms with Crippen LogP contribution in [0.4, 0.5) is 5.69 Å². The molecule has 108 valence electrons. The van der Waals surface area contributed by atoms with Gasteiger partial charge in [0.2, 0.25) is 0 Å². The maximum Gasteiger partial charge on any atom is 0.119 e. The summed E-state index contributed by atoms with van der Waals surface area (Å²) < 4.78 is 5.58. The molecule has 0 aliphatic rings. The highest BCUT2D eigenvalue weighted by Gasteiger charge is 2.08. The number of benzene rings is 2. The quantitative estimate of drug-likeness (QED) is 0.846. The third kappa shape index (κ3) is 4.00. The average Bonchev–Trinajstić information content (AvgIpc) is 2.54. The molecule has 0 fully saturated rings. The zero-order valence-electron chi connectivity index (χ0n) is 12.5. The molecule has 0 saturated carbocycles. The molecule has 0 heterocycles. The minimum atomic E-state index is 0.125. The molecule has 0 aromatic heterocycles. The molecule has 0 saturated heterocycles. The Bertz CT molecular complexity index is 614. The normalized spacial score (nSPS) is 11.5. The average molecular weight is 280 g/mol. The number of para-hydroxylation sites is 1. The van der Waals surface area contributed by atoms with Crippen LogP contribution in [0.3, 0.4) is 0 Å². The predicted octanol–water partition coefficient (Wildman–Crippen LogP) is 4.52. The predicted molar refractivity (Wildman–Crippen MR) is 85.4 cm³/mol. The first-order valence-electron chi connectivity index (χ1n) is 7.23. The summed E-state index contributed by atoms with van der Waals surface area (Å²) in [6.07, 6.45) is 1.00. The van der Waals surface area contributed by atoms with Crippen LogP contribution < -0.4 is 10.1 Å². The second-order valence-corrected chi connectivity index (χ2v) is 4.94. The number of nitriles is 1. The van der Waals surface area contributed by atoms with E-state index in [4.69, 9.17) is 10.00 Å². The highest BCUT2D eigenvalue weighted by molar-refractivity contribution is 5.58. The van der Waals surface area contributed by atoms with Gasteiger partial charge in [0.25, 0.3) is 0 Å². The van der Waals surface area contributed by atoms with Crippen molar-refractivity contribution in [2.24, 2.45) is 0 Å². The molecular formula is C18H20N2O. The maximum absolute atomic E-state index is 9.11. The molecule has 0 aliphatic carbocycles. The topological polar surface area (TPSA) is 45.0 Å². The number of rotatable bonds is 6. The molecule has 2 aromatic rings. The van der Waals surface area contributed by atoms with E-state index in [2.05, 4.69) is 37.4 Å². The lowest BCUT2D eigenvalue weighted by molar-refractivity contribution is 0.317. The minimum absolute atomic E-state index is 0.125. The number of nitrogens with zero attached hydrogens (tertiary/aromatic N) is 1. The zero-order chi connectivity index (χ0) is 15.1. The maximum atomic E-state index is 9.11. The lowest BCUT2D eigenvalue weighted by atomic mass is 10.1. The van der Waals surface area contributed by atoms with Crippen molar-refractivity contribution in [3.8, 4) is 11.8 Å². The third-order valence-corrected chi connectivity index (χ3v) is 3.27. The van der Waals surface area contributed by atoms with Gasteiger partial charge in [0.05, 0.1) is 17.9 Å². The molecule has 2 aromatic carbocycles. The number of hydrogen-bond donors (Lipinski definition) is 1. The Balaban J connectivity index is 2.06. The fourth-order valence-electron chi connectivity index (χ4n) is 2.10. The molecule has 3 heteroatoms. The summed E-state index contributed by atoms with van der Waals surface area (Å²) >= 11 is 0. The first-order valence-corrected chi connectivity index (χ1v) is 7.23.